The summed E-state index contributed by atoms with van der Waals surface area (Å²) in [6.07, 6.45) is 3.32. The summed E-state index contributed by atoms with van der Waals surface area (Å²) in [6, 6.07) is 6.36. The molecule has 3 rings (SSSR count). The fourth-order valence-electron chi connectivity index (χ4n) is 2.80. The van der Waals surface area contributed by atoms with Gasteiger partial charge in [0.05, 0.1) is 41.1 Å². The first-order valence-corrected chi connectivity index (χ1v) is 9.40. The van der Waals surface area contributed by atoms with Crippen molar-refractivity contribution in [3.8, 4) is 0 Å². The monoisotopic (exact) mass is 433 g/mol. The molecule has 0 aliphatic carbocycles. The van der Waals surface area contributed by atoms with Gasteiger partial charge >= 0.3 is 0 Å². The van der Waals surface area contributed by atoms with E-state index >= 15 is 0 Å². The molecule has 2 aromatic heterocycles. The number of aromatic nitrogens is 4. The first-order valence-electron chi connectivity index (χ1n) is 8.60. The minimum atomic E-state index is -0.280. The van der Waals surface area contributed by atoms with Crippen LogP contribution >= 0.6 is 15.9 Å². The van der Waals surface area contributed by atoms with E-state index in [9.17, 15) is 9.18 Å². The van der Waals surface area contributed by atoms with E-state index < -0.39 is 0 Å². The Morgan fingerprint density at radius 3 is 2.81 bits per heavy atom. The Balaban J connectivity index is 1.60. The smallest absolute Gasteiger partial charge is 0.229 e. The maximum Gasteiger partial charge on any atom is 0.229 e. The van der Waals surface area contributed by atoms with Crippen LogP contribution in [0.2, 0.25) is 0 Å². The molecular weight excluding hydrogens is 413 g/mol. The fourth-order valence-corrected chi connectivity index (χ4v) is 3.08. The number of hydrogen-bond acceptors (Lipinski definition) is 3. The number of anilines is 1. The third-order valence-electron chi connectivity index (χ3n) is 4.32. The number of nitrogens with zero attached hydrogens (tertiary/aromatic N) is 4. The molecule has 0 spiro atoms. The minimum Gasteiger partial charge on any atom is -0.323 e. The van der Waals surface area contributed by atoms with E-state index in [0.717, 1.165) is 21.4 Å². The van der Waals surface area contributed by atoms with E-state index in [4.69, 9.17) is 0 Å². The second-order valence-electron chi connectivity index (χ2n) is 6.61. The first-order chi connectivity index (χ1) is 12.8. The van der Waals surface area contributed by atoms with Crippen molar-refractivity contribution in [1.82, 2.24) is 19.6 Å². The van der Waals surface area contributed by atoms with Crippen molar-refractivity contribution < 1.29 is 9.18 Å². The second kappa shape index (κ2) is 8.04. The lowest BCUT2D eigenvalue weighted by atomic mass is 10.1. The van der Waals surface area contributed by atoms with Gasteiger partial charge in [-0.15, -0.1) is 0 Å². The topological polar surface area (TPSA) is 64.7 Å². The van der Waals surface area contributed by atoms with Gasteiger partial charge in [0, 0.05) is 11.9 Å². The predicted molar refractivity (Wildman–Crippen MR) is 105 cm³/mol. The molecule has 2 heterocycles. The van der Waals surface area contributed by atoms with Gasteiger partial charge in [0.2, 0.25) is 5.91 Å². The molecule has 1 atom stereocenters. The number of carbonyl (C=O) groups is 1. The Hall–Kier alpha value is -2.48. The summed E-state index contributed by atoms with van der Waals surface area (Å²) >= 11 is 3.50. The third kappa shape index (κ3) is 4.63. The highest BCUT2D eigenvalue weighted by molar-refractivity contribution is 9.10. The summed E-state index contributed by atoms with van der Waals surface area (Å²) in [4.78, 5) is 12.5. The van der Waals surface area contributed by atoms with Crippen LogP contribution in [0.25, 0.3) is 0 Å². The van der Waals surface area contributed by atoms with E-state index in [1.54, 1.807) is 23.1 Å². The number of aryl methyl sites for hydroxylation is 1. The van der Waals surface area contributed by atoms with Crippen LogP contribution in [0.4, 0.5) is 10.1 Å². The van der Waals surface area contributed by atoms with Crippen molar-refractivity contribution in [2.45, 2.75) is 33.9 Å². The highest BCUT2D eigenvalue weighted by Crippen LogP contribution is 2.21. The van der Waals surface area contributed by atoms with E-state index in [2.05, 4.69) is 31.4 Å². The number of rotatable bonds is 6. The van der Waals surface area contributed by atoms with Crippen LogP contribution in [0, 0.1) is 25.6 Å². The molecule has 0 aliphatic rings. The van der Waals surface area contributed by atoms with E-state index in [0.29, 0.717) is 18.8 Å². The van der Waals surface area contributed by atoms with Crippen LogP contribution in [0.1, 0.15) is 23.9 Å². The van der Waals surface area contributed by atoms with Gasteiger partial charge in [-0.2, -0.15) is 10.2 Å². The lowest BCUT2D eigenvalue weighted by Gasteiger charge is -2.12. The average Bonchev–Trinajstić information content (AvgIpc) is 3.15. The molecule has 1 N–H and O–H groups in total. The molecule has 6 nitrogen and oxygen atoms in total. The van der Waals surface area contributed by atoms with Gasteiger partial charge in [-0.1, -0.05) is 19.1 Å². The second-order valence-corrected chi connectivity index (χ2v) is 7.41. The molecule has 1 unspecified atom stereocenters. The zero-order chi connectivity index (χ0) is 19.6. The van der Waals surface area contributed by atoms with Crippen LogP contribution < -0.4 is 5.32 Å². The van der Waals surface area contributed by atoms with Gasteiger partial charge in [0.25, 0.3) is 0 Å². The van der Waals surface area contributed by atoms with Gasteiger partial charge in [-0.25, -0.2) is 4.39 Å². The zero-order valence-electron chi connectivity index (χ0n) is 15.4. The number of amides is 1. The Kier molecular flexibility index (Phi) is 5.74. The fraction of sp³-hybridized carbons (Fsp3) is 0.316. The molecule has 0 radical (unpaired) electrons. The molecule has 0 aliphatic heterocycles. The van der Waals surface area contributed by atoms with Crippen molar-refractivity contribution in [3.63, 3.8) is 0 Å². The molecule has 0 saturated heterocycles. The Labute approximate surface area is 165 Å². The Morgan fingerprint density at radius 1 is 1.37 bits per heavy atom. The van der Waals surface area contributed by atoms with Gasteiger partial charge in [-0.05, 0) is 47.5 Å². The lowest BCUT2D eigenvalue weighted by Crippen LogP contribution is -2.25. The number of halogens is 2. The predicted octanol–water partition coefficient (Wildman–Crippen LogP) is 3.92. The number of hydrogen-bond donors (Lipinski definition) is 1. The maximum absolute atomic E-state index is 13.3. The highest BCUT2D eigenvalue weighted by Gasteiger charge is 2.18. The van der Waals surface area contributed by atoms with Crippen LogP contribution in [0.15, 0.2) is 41.1 Å². The molecule has 0 fully saturated rings. The Bertz CT molecular complexity index is 965. The van der Waals surface area contributed by atoms with Crippen molar-refractivity contribution in [1.29, 1.82) is 0 Å². The van der Waals surface area contributed by atoms with Crippen molar-refractivity contribution in [3.05, 3.63) is 63.9 Å². The summed E-state index contributed by atoms with van der Waals surface area (Å²) in [7, 11) is 0. The zero-order valence-corrected chi connectivity index (χ0v) is 17.0. The summed E-state index contributed by atoms with van der Waals surface area (Å²) in [5.74, 6) is -0.650. The summed E-state index contributed by atoms with van der Waals surface area (Å²) in [5.41, 5.74) is 3.31. The van der Waals surface area contributed by atoms with Crippen LogP contribution in [-0.4, -0.2) is 25.5 Å². The summed E-state index contributed by atoms with van der Waals surface area (Å²) in [5, 5.41) is 11.5. The molecule has 142 valence electrons. The molecule has 0 saturated carbocycles. The maximum atomic E-state index is 13.3. The van der Waals surface area contributed by atoms with Gasteiger partial charge in [0.15, 0.2) is 0 Å². The van der Waals surface area contributed by atoms with Gasteiger partial charge < -0.3 is 5.32 Å². The number of benzene rings is 1. The first kappa shape index (κ1) is 19.3. The molecule has 1 amide bonds. The van der Waals surface area contributed by atoms with E-state index in [1.165, 1.54) is 12.1 Å². The lowest BCUT2D eigenvalue weighted by molar-refractivity contribution is -0.119. The SMILES string of the molecule is Cc1nn(CC(C)C(=O)Nc2cnn(Cc3cccc(F)c3)c2)c(C)c1Br. The average molecular weight is 434 g/mol. The largest absolute Gasteiger partial charge is 0.323 e. The van der Waals surface area contributed by atoms with Gasteiger partial charge in [0.1, 0.15) is 5.82 Å². The minimum absolute atomic E-state index is 0.107. The molecule has 3 aromatic rings. The molecule has 0 bridgehead atoms. The van der Waals surface area contributed by atoms with Crippen LogP contribution in [0.3, 0.4) is 0 Å². The Morgan fingerprint density at radius 2 is 2.15 bits per heavy atom. The summed E-state index contributed by atoms with van der Waals surface area (Å²) in [6.45, 7) is 6.66. The van der Waals surface area contributed by atoms with Crippen molar-refractivity contribution in [2.75, 3.05) is 5.32 Å². The third-order valence-corrected chi connectivity index (χ3v) is 5.47. The van der Waals surface area contributed by atoms with Crippen molar-refractivity contribution >= 4 is 27.5 Å². The number of nitrogens with one attached hydrogen (secondary N) is 1. The van der Waals surface area contributed by atoms with Crippen molar-refractivity contribution in [2.24, 2.45) is 5.92 Å². The van der Waals surface area contributed by atoms with Crippen LogP contribution in [0.5, 0.6) is 0 Å². The van der Waals surface area contributed by atoms with E-state index in [1.807, 2.05) is 31.5 Å². The standard InChI is InChI=1S/C19H21BrFN5O/c1-12(9-26-14(3)18(20)13(2)24-26)19(27)23-17-8-22-25(11-17)10-15-5-4-6-16(21)7-15/h4-8,11-12H,9-10H2,1-3H3,(H,23,27). The molecule has 1 aromatic carbocycles. The van der Waals surface area contributed by atoms with E-state index in [-0.39, 0.29) is 17.6 Å². The summed E-state index contributed by atoms with van der Waals surface area (Å²) < 4.78 is 17.7. The molecule has 8 heteroatoms. The molecular formula is C19H21BrFN5O. The number of carbonyl (C=O) groups excluding carboxylic acids is 1. The van der Waals surface area contributed by atoms with Crippen LogP contribution in [-0.2, 0) is 17.9 Å². The highest BCUT2D eigenvalue weighted by atomic mass is 79.9. The normalized spacial score (nSPS) is 12.2. The molecule has 27 heavy (non-hydrogen) atoms. The van der Waals surface area contributed by atoms with Gasteiger partial charge in [-0.3, -0.25) is 14.2 Å². The quantitative estimate of drug-likeness (QED) is 0.640.